The number of aromatic amines is 1. The number of hydrogen-bond acceptors (Lipinski definition) is 4. The van der Waals surface area contributed by atoms with E-state index in [-0.39, 0.29) is 5.91 Å². The molecule has 1 aromatic carbocycles. The second-order valence-electron chi connectivity index (χ2n) is 4.69. The average molecular weight is 273 g/mol. The van der Waals surface area contributed by atoms with Gasteiger partial charge in [0.25, 0.3) is 5.91 Å². The number of H-pyrrole nitrogens is 1. The van der Waals surface area contributed by atoms with Gasteiger partial charge < -0.3 is 10.6 Å². The van der Waals surface area contributed by atoms with Crippen LogP contribution < -0.4 is 5.73 Å². The SMILES string of the molecule is Cc1nc(CN(C)C(=O)c2ccccc2CCN)n[nH]1. The van der Waals surface area contributed by atoms with E-state index in [9.17, 15) is 4.79 Å². The first-order valence-electron chi connectivity index (χ1n) is 6.53. The maximum absolute atomic E-state index is 12.5. The number of hydrogen-bond donors (Lipinski definition) is 2. The molecule has 106 valence electrons. The predicted molar refractivity (Wildman–Crippen MR) is 76.1 cm³/mol. The van der Waals surface area contributed by atoms with Crippen LogP contribution in [0.5, 0.6) is 0 Å². The van der Waals surface area contributed by atoms with Crippen molar-refractivity contribution in [3.05, 3.63) is 47.0 Å². The van der Waals surface area contributed by atoms with Crippen molar-refractivity contribution in [3.63, 3.8) is 0 Å². The number of aromatic nitrogens is 3. The summed E-state index contributed by atoms with van der Waals surface area (Å²) in [7, 11) is 1.74. The molecular weight excluding hydrogens is 254 g/mol. The first kappa shape index (κ1) is 14.2. The molecule has 1 heterocycles. The van der Waals surface area contributed by atoms with E-state index in [2.05, 4.69) is 15.2 Å². The first-order valence-corrected chi connectivity index (χ1v) is 6.53. The molecule has 0 fully saturated rings. The van der Waals surface area contributed by atoms with Crippen LogP contribution in [0.1, 0.15) is 27.6 Å². The van der Waals surface area contributed by atoms with Crippen LogP contribution >= 0.6 is 0 Å². The van der Waals surface area contributed by atoms with Crippen LogP contribution in [-0.2, 0) is 13.0 Å². The Morgan fingerprint density at radius 1 is 1.40 bits per heavy atom. The molecular formula is C14H19N5O. The lowest BCUT2D eigenvalue weighted by Gasteiger charge is -2.17. The summed E-state index contributed by atoms with van der Waals surface area (Å²) in [5, 5.41) is 6.81. The third kappa shape index (κ3) is 3.21. The Balaban J connectivity index is 2.14. The fraction of sp³-hybridized carbons (Fsp3) is 0.357. The van der Waals surface area contributed by atoms with Crippen molar-refractivity contribution in [1.82, 2.24) is 20.1 Å². The van der Waals surface area contributed by atoms with E-state index in [0.29, 0.717) is 30.9 Å². The Kier molecular flexibility index (Phi) is 4.47. The smallest absolute Gasteiger partial charge is 0.254 e. The van der Waals surface area contributed by atoms with Crippen LogP contribution in [0, 0.1) is 6.92 Å². The van der Waals surface area contributed by atoms with Crippen LogP contribution in [0.3, 0.4) is 0 Å². The molecule has 0 saturated heterocycles. The summed E-state index contributed by atoms with van der Waals surface area (Å²) in [6, 6.07) is 7.54. The normalized spacial score (nSPS) is 10.6. The van der Waals surface area contributed by atoms with Gasteiger partial charge in [-0.3, -0.25) is 9.89 Å². The molecule has 1 aromatic heterocycles. The molecule has 0 unspecified atom stereocenters. The third-order valence-corrected chi connectivity index (χ3v) is 3.03. The fourth-order valence-corrected chi connectivity index (χ4v) is 2.05. The van der Waals surface area contributed by atoms with Gasteiger partial charge >= 0.3 is 0 Å². The summed E-state index contributed by atoms with van der Waals surface area (Å²) >= 11 is 0. The van der Waals surface area contributed by atoms with Crippen LogP contribution in [-0.4, -0.2) is 39.6 Å². The molecule has 0 saturated carbocycles. The number of benzene rings is 1. The standard InChI is InChI=1S/C14H19N5O/c1-10-16-13(18-17-10)9-19(2)14(20)12-6-4-3-5-11(12)7-8-15/h3-6H,7-9,15H2,1-2H3,(H,16,17,18). The molecule has 2 aromatic rings. The summed E-state index contributed by atoms with van der Waals surface area (Å²) in [6.07, 6.45) is 0.690. The van der Waals surface area contributed by atoms with E-state index >= 15 is 0 Å². The molecule has 1 amide bonds. The van der Waals surface area contributed by atoms with E-state index in [4.69, 9.17) is 5.73 Å². The van der Waals surface area contributed by atoms with E-state index in [1.54, 1.807) is 11.9 Å². The highest BCUT2D eigenvalue weighted by Crippen LogP contribution is 2.12. The number of amides is 1. The molecule has 0 aliphatic rings. The lowest BCUT2D eigenvalue weighted by atomic mass is 10.0. The van der Waals surface area contributed by atoms with Gasteiger partial charge in [-0.15, -0.1) is 0 Å². The van der Waals surface area contributed by atoms with Gasteiger partial charge in [0.1, 0.15) is 5.82 Å². The van der Waals surface area contributed by atoms with Crippen molar-refractivity contribution in [3.8, 4) is 0 Å². The molecule has 0 spiro atoms. The van der Waals surface area contributed by atoms with E-state index in [1.807, 2.05) is 31.2 Å². The zero-order valence-corrected chi connectivity index (χ0v) is 11.8. The molecule has 0 radical (unpaired) electrons. The number of nitrogens with two attached hydrogens (primary N) is 1. The van der Waals surface area contributed by atoms with Gasteiger partial charge in [-0.25, -0.2) is 4.98 Å². The predicted octanol–water partition coefficient (Wildman–Crippen LogP) is 0.887. The largest absolute Gasteiger partial charge is 0.334 e. The van der Waals surface area contributed by atoms with Gasteiger partial charge in [-0.2, -0.15) is 5.10 Å². The lowest BCUT2D eigenvalue weighted by molar-refractivity contribution is 0.0780. The highest BCUT2D eigenvalue weighted by molar-refractivity contribution is 5.95. The molecule has 20 heavy (non-hydrogen) atoms. The number of nitrogens with one attached hydrogen (secondary N) is 1. The summed E-state index contributed by atoms with van der Waals surface area (Å²) in [5.74, 6) is 1.30. The fourth-order valence-electron chi connectivity index (χ4n) is 2.05. The van der Waals surface area contributed by atoms with Gasteiger partial charge in [0.2, 0.25) is 0 Å². The van der Waals surface area contributed by atoms with Gasteiger partial charge in [0.05, 0.1) is 6.54 Å². The van der Waals surface area contributed by atoms with Crippen molar-refractivity contribution in [1.29, 1.82) is 0 Å². The monoisotopic (exact) mass is 273 g/mol. The highest BCUT2D eigenvalue weighted by atomic mass is 16.2. The van der Waals surface area contributed by atoms with Crippen LogP contribution in [0.4, 0.5) is 0 Å². The number of carbonyl (C=O) groups is 1. The van der Waals surface area contributed by atoms with E-state index < -0.39 is 0 Å². The van der Waals surface area contributed by atoms with Crippen molar-refractivity contribution in [2.75, 3.05) is 13.6 Å². The Hall–Kier alpha value is -2.21. The molecule has 0 aliphatic carbocycles. The minimum atomic E-state index is -0.0449. The number of aryl methyl sites for hydroxylation is 1. The van der Waals surface area contributed by atoms with Crippen molar-refractivity contribution >= 4 is 5.91 Å². The minimum Gasteiger partial charge on any atom is -0.334 e. The lowest BCUT2D eigenvalue weighted by Crippen LogP contribution is -2.28. The van der Waals surface area contributed by atoms with Crippen molar-refractivity contribution in [2.45, 2.75) is 19.9 Å². The zero-order chi connectivity index (χ0) is 14.5. The molecule has 0 aliphatic heterocycles. The van der Waals surface area contributed by atoms with Crippen LogP contribution in [0.2, 0.25) is 0 Å². The summed E-state index contributed by atoms with van der Waals surface area (Å²) in [6.45, 7) is 2.73. The van der Waals surface area contributed by atoms with Crippen molar-refractivity contribution < 1.29 is 4.79 Å². The molecule has 6 nitrogen and oxygen atoms in total. The maximum atomic E-state index is 12.5. The number of rotatable bonds is 5. The second-order valence-corrected chi connectivity index (χ2v) is 4.69. The Bertz CT molecular complexity index is 593. The zero-order valence-electron chi connectivity index (χ0n) is 11.8. The molecule has 0 atom stereocenters. The van der Waals surface area contributed by atoms with Gasteiger partial charge in [0.15, 0.2) is 5.82 Å². The first-order chi connectivity index (χ1) is 9.61. The number of carbonyl (C=O) groups excluding carboxylic acids is 1. The van der Waals surface area contributed by atoms with Crippen LogP contribution in [0.15, 0.2) is 24.3 Å². The topological polar surface area (TPSA) is 87.9 Å². The number of nitrogens with zero attached hydrogens (tertiary/aromatic N) is 3. The summed E-state index contributed by atoms with van der Waals surface area (Å²) in [5.41, 5.74) is 7.24. The minimum absolute atomic E-state index is 0.0449. The Labute approximate surface area is 118 Å². The molecule has 6 heteroatoms. The second kappa shape index (κ2) is 6.29. The molecule has 0 bridgehead atoms. The summed E-state index contributed by atoms with van der Waals surface area (Å²) in [4.78, 5) is 18.3. The van der Waals surface area contributed by atoms with Gasteiger partial charge in [0, 0.05) is 12.6 Å². The van der Waals surface area contributed by atoms with Gasteiger partial charge in [-0.05, 0) is 31.5 Å². The van der Waals surface area contributed by atoms with E-state index in [0.717, 1.165) is 11.4 Å². The summed E-state index contributed by atoms with van der Waals surface area (Å²) < 4.78 is 0. The molecule has 2 rings (SSSR count). The maximum Gasteiger partial charge on any atom is 0.254 e. The van der Waals surface area contributed by atoms with Gasteiger partial charge in [-0.1, -0.05) is 18.2 Å². The molecule has 3 N–H and O–H groups in total. The Morgan fingerprint density at radius 3 is 2.80 bits per heavy atom. The Morgan fingerprint density at radius 2 is 2.15 bits per heavy atom. The highest BCUT2D eigenvalue weighted by Gasteiger charge is 2.16. The average Bonchev–Trinajstić information content (AvgIpc) is 2.84. The van der Waals surface area contributed by atoms with E-state index in [1.165, 1.54) is 0 Å². The van der Waals surface area contributed by atoms with Crippen molar-refractivity contribution in [2.24, 2.45) is 5.73 Å². The van der Waals surface area contributed by atoms with Crippen LogP contribution in [0.25, 0.3) is 0 Å². The third-order valence-electron chi connectivity index (χ3n) is 3.03. The quantitative estimate of drug-likeness (QED) is 0.846.